The van der Waals surface area contributed by atoms with Gasteiger partial charge in [-0.1, -0.05) is 46.3 Å². The van der Waals surface area contributed by atoms with Gasteiger partial charge in [0, 0.05) is 23.1 Å². The average Bonchev–Trinajstić information content (AvgIpc) is 2.67. The van der Waals surface area contributed by atoms with Gasteiger partial charge in [-0.05, 0) is 35.7 Å². The first kappa shape index (κ1) is 12.4. The summed E-state index contributed by atoms with van der Waals surface area (Å²) in [4.78, 5) is 14.3. The van der Waals surface area contributed by atoms with E-state index in [9.17, 15) is 4.79 Å². The highest BCUT2D eigenvalue weighted by Crippen LogP contribution is 2.30. The molecule has 2 aromatic rings. The molecule has 0 fully saturated rings. The minimum absolute atomic E-state index is 0.142. The summed E-state index contributed by atoms with van der Waals surface area (Å²) in [5.74, 6) is 0.142. The van der Waals surface area contributed by atoms with Crippen molar-refractivity contribution >= 4 is 21.8 Å². The van der Waals surface area contributed by atoms with Crippen molar-refractivity contribution in [1.29, 1.82) is 0 Å². The van der Waals surface area contributed by atoms with E-state index in [1.807, 2.05) is 42.2 Å². The Morgan fingerprint density at radius 2 is 1.95 bits per heavy atom. The minimum Gasteiger partial charge on any atom is -0.330 e. The van der Waals surface area contributed by atoms with Crippen molar-refractivity contribution in [3.8, 4) is 0 Å². The number of benzene rings is 2. The summed E-state index contributed by atoms with van der Waals surface area (Å²) in [7, 11) is 0. The van der Waals surface area contributed by atoms with Crippen LogP contribution in [0.5, 0.6) is 0 Å². The molecule has 3 rings (SSSR count). The van der Waals surface area contributed by atoms with Gasteiger partial charge in [-0.3, -0.25) is 4.79 Å². The second-order valence-corrected chi connectivity index (χ2v) is 5.82. The first-order valence-corrected chi connectivity index (χ1v) is 7.06. The van der Waals surface area contributed by atoms with Crippen molar-refractivity contribution in [2.75, 3.05) is 0 Å². The molecule has 0 atom stereocenters. The molecule has 0 unspecified atom stereocenters. The van der Waals surface area contributed by atoms with Crippen LogP contribution < -0.4 is 0 Å². The van der Waals surface area contributed by atoms with E-state index in [2.05, 4.69) is 28.1 Å². The lowest BCUT2D eigenvalue weighted by Crippen LogP contribution is -2.23. The van der Waals surface area contributed by atoms with Crippen molar-refractivity contribution in [3.63, 3.8) is 0 Å². The molecule has 0 N–H and O–H groups in total. The first-order valence-electron chi connectivity index (χ1n) is 6.27. The number of carbonyl (C=O) groups is 1. The Kier molecular flexibility index (Phi) is 3.15. The van der Waals surface area contributed by atoms with Crippen molar-refractivity contribution in [2.24, 2.45) is 0 Å². The topological polar surface area (TPSA) is 20.3 Å². The van der Waals surface area contributed by atoms with E-state index in [0.29, 0.717) is 13.1 Å². The number of hydrogen-bond donors (Lipinski definition) is 0. The smallest absolute Gasteiger partial charge is 0.255 e. The number of halogens is 1. The first-order chi connectivity index (χ1) is 9.15. The van der Waals surface area contributed by atoms with Crippen LogP contribution in [0.3, 0.4) is 0 Å². The molecule has 0 aliphatic carbocycles. The second-order valence-electron chi connectivity index (χ2n) is 4.90. The number of nitrogens with zero attached hydrogens (tertiary/aromatic N) is 1. The van der Waals surface area contributed by atoms with Crippen LogP contribution in [0.2, 0.25) is 0 Å². The zero-order valence-electron chi connectivity index (χ0n) is 10.7. The molecule has 96 valence electrons. The fraction of sp³-hybridized carbons (Fsp3) is 0.188. The van der Waals surface area contributed by atoms with Crippen LogP contribution in [0.4, 0.5) is 0 Å². The Morgan fingerprint density at radius 1 is 1.21 bits per heavy atom. The predicted octanol–water partition coefficient (Wildman–Crippen LogP) is 3.91. The number of carbonyl (C=O) groups excluding carboxylic acids is 1. The van der Waals surface area contributed by atoms with Crippen LogP contribution >= 0.6 is 15.9 Å². The zero-order chi connectivity index (χ0) is 13.4. The van der Waals surface area contributed by atoms with Crippen molar-refractivity contribution in [1.82, 2.24) is 4.90 Å². The van der Waals surface area contributed by atoms with Crippen LogP contribution in [-0.2, 0) is 13.1 Å². The van der Waals surface area contributed by atoms with Gasteiger partial charge in [-0.2, -0.15) is 0 Å². The monoisotopic (exact) mass is 315 g/mol. The van der Waals surface area contributed by atoms with Gasteiger partial charge >= 0.3 is 0 Å². The Labute approximate surface area is 121 Å². The molecule has 0 spiro atoms. The molecule has 0 saturated carbocycles. The summed E-state index contributed by atoms with van der Waals surface area (Å²) in [6.07, 6.45) is 0. The van der Waals surface area contributed by atoms with E-state index in [4.69, 9.17) is 0 Å². The van der Waals surface area contributed by atoms with Crippen LogP contribution in [0, 0.1) is 6.92 Å². The molecule has 1 aliphatic heterocycles. The van der Waals surface area contributed by atoms with Crippen molar-refractivity contribution < 1.29 is 4.79 Å². The zero-order valence-corrected chi connectivity index (χ0v) is 12.3. The molecule has 1 amide bonds. The number of amides is 1. The van der Waals surface area contributed by atoms with E-state index < -0.39 is 0 Å². The predicted molar refractivity (Wildman–Crippen MR) is 78.9 cm³/mol. The third-order valence-corrected chi connectivity index (χ3v) is 3.92. The lowest BCUT2D eigenvalue weighted by molar-refractivity contribution is 0.0766. The van der Waals surface area contributed by atoms with Crippen LogP contribution in [0.15, 0.2) is 46.9 Å². The normalized spacial score (nSPS) is 13.8. The number of aryl methyl sites for hydroxylation is 1. The minimum atomic E-state index is 0.142. The third kappa shape index (κ3) is 2.30. The number of hydrogen-bond acceptors (Lipinski definition) is 1. The second kappa shape index (κ2) is 4.82. The number of rotatable bonds is 2. The van der Waals surface area contributed by atoms with E-state index >= 15 is 0 Å². The van der Waals surface area contributed by atoms with E-state index in [1.165, 1.54) is 5.56 Å². The highest BCUT2D eigenvalue weighted by Gasteiger charge is 2.29. The van der Waals surface area contributed by atoms with Gasteiger partial charge in [-0.25, -0.2) is 0 Å². The quantitative estimate of drug-likeness (QED) is 0.822. The van der Waals surface area contributed by atoms with Gasteiger partial charge < -0.3 is 4.90 Å². The van der Waals surface area contributed by atoms with Crippen LogP contribution in [0.25, 0.3) is 0 Å². The Bertz CT molecular complexity index is 637. The maximum absolute atomic E-state index is 12.4. The molecule has 1 aliphatic rings. The summed E-state index contributed by atoms with van der Waals surface area (Å²) >= 11 is 3.49. The van der Waals surface area contributed by atoms with Gasteiger partial charge in [0.25, 0.3) is 5.91 Å². The summed E-state index contributed by atoms with van der Waals surface area (Å²) in [6, 6.07) is 14.2. The molecule has 3 heteroatoms. The molecule has 19 heavy (non-hydrogen) atoms. The fourth-order valence-electron chi connectivity index (χ4n) is 2.61. The standard InChI is InChI=1S/C16H14BrNO/c1-11-7-14(17)8-13-10-18(16(19)15(11)13)9-12-5-3-2-4-6-12/h2-8H,9-10H2,1H3. The maximum Gasteiger partial charge on any atom is 0.255 e. The summed E-state index contributed by atoms with van der Waals surface area (Å²) in [6.45, 7) is 3.36. The Hall–Kier alpha value is -1.61. The summed E-state index contributed by atoms with van der Waals surface area (Å²) in [5, 5.41) is 0. The Balaban J connectivity index is 1.89. The van der Waals surface area contributed by atoms with Gasteiger partial charge in [0.2, 0.25) is 0 Å². The van der Waals surface area contributed by atoms with Crippen molar-refractivity contribution in [3.05, 3.63) is 69.2 Å². The van der Waals surface area contributed by atoms with Gasteiger partial charge in [0.05, 0.1) is 0 Å². The lowest BCUT2D eigenvalue weighted by Gasteiger charge is -2.15. The maximum atomic E-state index is 12.4. The van der Waals surface area contributed by atoms with Crippen LogP contribution in [-0.4, -0.2) is 10.8 Å². The molecule has 1 heterocycles. The third-order valence-electron chi connectivity index (χ3n) is 3.46. The molecule has 0 bridgehead atoms. The van der Waals surface area contributed by atoms with Crippen LogP contribution in [0.1, 0.15) is 27.0 Å². The van der Waals surface area contributed by atoms with Gasteiger partial charge in [0.1, 0.15) is 0 Å². The molecule has 2 aromatic carbocycles. The highest BCUT2D eigenvalue weighted by atomic mass is 79.9. The van der Waals surface area contributed by atoms with E-state index in [-0.39, 0.29) is 5.91 Å². The number of fused-ring (bicyclic) bond motifs is 1. The highest BCUT2D eigenvalue weighted by molar-refractivity contribution is 9.10. The molecule has 0 radical (unpaired) electrons. The largest absolute Gasteiger partial charge is 0.330 e. The molecule has 2 nitrogen and oxygen atoms in total. The van der Waals surface area contributed by atoms with Gasteiger partial charge in [0.15, 0.2) is 0 Å². The molecular formula is C16H14BrNO. The molecule has 0 saturated heterocycles. The Morgan fingerprint density at radius 3 is 2.68 bits per heavy atom. The summed E-state index contributed by atoms with van der Waals surface area (Å²) < 4.78 is 1.04. The molecule has 0 aromatic heterocycles. The fourth-order valence-corrected chi connectivity index (χ4v) is 3.23. The van der Waals surface area contributed by atoms with Gasteiger partial charge in [-0.15, -0.1) is 0 Å². The van der Waals surface area contributed by atoms with Crippen molar-refractivity contribution in [2.45, 2.75) is 20.0 Å². The lowest BCUT2D eigenvalue weighted by atomic mass is 10.0. The molecular weight excluding hydrogens is 302 g/mol. The summed E-state index contributed by atoms with van der Waals surface area (Å²) in [5.41, 5.74) is 4.21. The average molecular weight is 316 g/mol. The SMILES string of the molecule is Cc1cc(Br)cc2c1C(=O)N(Cc1ccccc1)C2. The van der Waals surface area contributed by atoms with E-state index in [1.54, 1.807) is 0 Å². The van der Waals surface area contributed by atoms with E-state index in [0.717, 1.165) is 21.2 Å².